The molecule has 0 unspecified atom stereocenters. The second-order valence-corrected chi connectivity index (χ2v) is 17.9. The summed E-state index contributed by atoms with van der Waals surface area (Å²) >= 11 is 0. The third kappa shape index (κ3) is 10.2. The maximum absolute atomic E-state index is 2.40. The van der Waals surface area contributed by atoms with Gasteiger partial charge in [0.1, 0.15) is 21.1 Å². The molecule has 3 heteroatoms. The van der Waals surface area contributed by atoms with E-state index >= 15 is 0 Å². The van der Waals surface area contributed by atoms with Crippen LogP contribution in [0.5, 0.6) is 0 Å². The first-order valence-corrected chi connectivity index (χ1v) is 22.3. The van der Waals surface area contributed by atoms with Crippen molar-refractivity contribution in [1.82, 2.24) is 0 Å². The van der Waals surface area contributed by atoms with Crippen LogP contribution in [0.2, 0.25) is 0 Å². The molecule has 300 valence electrons. The molecule has 3 nitrogen and oxygen atoms in total. The van der Waals surface area contributed by atoms with Crippen LogP contribution in [0.1, 0.15) is 97.2 Å². The van der Waals surface area contributed by atoms with E-state index in [9.17, 15) is 0 Å². The molecule has 7 rings (SSSR count). The molecule has 0 saturated heterocycles. The van der Waals surface area contributed by atoms with Crippen LogP contribution in [0, 0.1) is 38.5 Å². The van der Waals surface area contributed by atoms with E-state index in [1.54, 1.807) is 0 Å². The van der Waals surface area contributed by atoms with E-state index in [2.05, 4.69) is 184 Å². The summed E-state index contributed by atoms with van der Waals surface area (Å²) in [6.45, 7) is 8.97. The van der Waals surface area contributed by atoms with Crippen molar-refractivity contribution < 1.29 is 13.7 Å². The van der Waals surface area contributed by atoms with Crippen LogP contribution in [0.3, 0.4) is 0 Å². The Kier molecular flexibility index (Phi) is 13.7. The third-order valence-electron chi connectivity index (χ3n) is 13.3. The molecule has 0 spiro atoms. The zero-order valence-electron chi connectivity index (χ0n) is 36.6. The zero-order valence-corrected chi connectivity index (χ0v) is 36.6. The minimum atomic E-state index is 0.769. The van der Waals surface area contributed by atoms with Gasteiger partial charge in [-0.05, 0) is 168 Å². The Balaban J connectivity index is 1.03. The van der Waals surface area contributed by atoms with Gasteiger partial charge in [-0.2, -0.15) is 0 Å². The van der Waals surface area contributed by atoms with Crippen molar-refractivity contribution in [3.8, 4) is 33.8 Å². The van der Waals surface area contributed by atoms with Gasteiger partial charge in [0, 0.05) is 51.6 Å². The lowest BCUT2D eigenvalue weighted by Gasteiger charge is -2.35. The fourth-order valence-corrected chi connectivity index (χ4v) is 10.1. The summed E-state index contributed by atoms with van der Waals surface area (Å²) in [5.41, 5.74) is 17.7. The molecule has 58 heavy (non-hydrogen) atoms. The number of aryl methyl sites for hydroxylation is 10. The Morgan fingerprint density at radius 3 is 1.17 bits per heavy atom. The highest BCUT2D eigenvalue weighted by Gasteiger charge is 2.29. The number of hydrogen-bond acceptors (Lipinski definition) is 0. The van der Waals surface area contributed by atoms with E-state index in [0.29, 0.717) is 0 Å². The molecule has 6 aromatic rings. The molecule has 0 aliphatic heterocycles. The number of benzene rings is 3. The van der Waals surface area contributed by atoms with Gasteiger partial charge in [0.2, 0.25) is 17.1 Å². The molecule has 3 atom stereocenters. The largest absolute Gasteiger partial charge is 0.212 e. The van der Waals surface area contributed by atoms with Crippen LogP contribution in [-0.4, -0.2) is 0 Å². The monoisotopic (exact) mass is 771 g/mol. The van der Waals surface area contributed by atoms with Crippen molar-refractivity contribution in [2.24, 2.45) is 38.9 Å². The number of aromatic nitrogens is 3. The fourth-order valence-electron chi connectivity index (χ4n) is 10.1. The Bertz CT molecular complexity index is 2210. The minimum absolute atomic E-state index is 0.769. The molecule has 1 saturated carbocycles. The van der Waals surface area contributed by atoms with Crippen molar-refractivity contribution in [3.05, 3.63) is 161 Å². The number of nitrogens with zero attached hydrogens (tertiary/aromatic N) is 3. The molecule has 3 heterocycles. The van der Waals surface area contributed by atoms with Crippen molar-refractivity contribution in [3.63, 3.8) is 0 Å². The van der Waals surface area contributed by atoms with E-state index in [1.165, 1.54) is 131 Å². The summed E-state index contributed by atoms with van der Waals surface area (Å²) < 4.78 is 7.04. The normalized spacial score (nSPS) is 16.8. The molecule has 1 fully saturated rings. The molecule has 0 amide bonds. The highest BCUT2D eigenvalue weighted by molar-refractivity contribution is 5.62. The van der Waals surface area contributed by atoms with E-state index in [4.69, 9.17) is 0 Å². The van der Waals surface area contributed by atoms with Gasteiger partial charge in [0.15, 0.2) is 18.6 Å². The smallest absolute Gasteiger partial charge is 0.201 e. The molecule has 0 N–H and O–H groups in total. The predicted octanol–water partition coefficient (Wildman–Crippen LogP) is 11.7. The summed E-state index contributed by atoms with van der Waals surface area (Å²) in [6.07, 6.45) is 22.2. The maximum Gasteiger partial charge on any atom is 0.212 e. The molecule has 0 radical (unpaired) electrons. The SMILES string of the molecule is CCCCc1ccc(-c2ccc(CC[C@@H]3C[C@H](CCc4ccc(-c5ccccc5C)[n+](C)c4)C[C@H](CCc4ccc(-c5ccccc5C)[n+](C)c4)C3)c[n+]2C)c(C)c1. The van der Waals surface area contributed by atoms with Crippen molar-refractivity contribution in [1.29, 1.82) is 0 Å². The van der Waals surface area contributed by atoms with Gasteiger partial charge >= 0.3 is 0 Å². The van der Waals surface area contributed by atoms with Gasteiger partial charge in [0.05, 0.1) is 0 Å². The molecule has 3 aromatic carbocycles. The highest BCUT2D eigenvalue weighted by Crippen LogP contribution is 2.40. The van der Waals surface area contributed by atoms with Gasteiger partial charge in [-0.25, -0.2) is 13.7 Å². The molecule has 3 aromatic heterocycles. The summed E-state index contributed by atoms with van der Waals surface area (Å²) in [5, 5.41) is 0. The second-order valence-electron chi connectivity index (χ2n) is 17.9. The first kappa shape index (κ1) is 41.3. The Morgan fingerprint density at radius 1 is 0.431 bits per heavy atom. The van der Waals surface area contributed by atoms with Gasteiger partial charge in [-0.15, -0.1) is 0 Å². The van der Waals surface area contributed by atoms with Gasteiger partial charge < -0.3 is 0 Å². The lowest BCUT2D eigenvalue weighted by atomic mass is 9.70. The lowest BCUT2D eigenvalue weighted by Crippen LogP contribution is -2.32. The lowest BCUT2D eigenvalue weighted by molar-refractivity contribution is -0.661. The second kappa shape index (κ2) is 19.2. The van der Waals surface area contributed by atoms with Crippen LogP contribution in [-0.2, 0) is 46.8 Å². The van der Waals surface area contributed by atoms with Crippen LogP contribution in [0.4, 0.5) is 0 Å². The van der Waals surface area contributed by atoms with E-state index in [1.807, 2.05) is 0 Å². The van der Waals surface area contributed by atoms with Crippen LogP contribution >= 0.6 is 0 Å². The van der Waals surface area contributed by atoms with E-state index in [0.717, 1.165) is 37.0 Å². The van der Waals surface area contributed by atoms with Crippen LogP contribution in [0.25, 0.3) is 33.8 Å². The van der Waals surface area contributed by atoms with Crippen molar-refractivity contribution in [2.45, 2.75) is 105 Å². The Hall–Kier alpha value is -4.89. The topological polar surface area (TPSA) is 11.6 Å². The molecular formula is C55H68N3+3. The van der Waals surface area contributed by atoms with E-state index in [-0.39, 0.29) is 0 Å². The summed E-state index contributed by atoms with van der Waals surface area (Å²) in [7, 11) is 6.66. The fraction of sp³-hybridized carbons (Fsp3) is 0.400. The minimum Gasteiger partial charge on any atom is -0.201 e. The van der Waals surface area contributed by atoms with Crippen molar-refractivity contribution >= 4 is 0 Å². The van der Waals surface area contributed by atoms with Gasteiger partial charge in [0.25, 0.3) is 0 Å². The highest BCUT2D eigenvalue weighted by atomic mass is 14.9. The quantitative estimate of drug-likeness (QED) is 0.0922. The standard InChI is InChI=1S/C55H68N3/c1-8-9-16-43-25-29-52(42(4)33-43)55-32-28-46(39-58(55)7)21-24-49-35-47(22-19-44-26-30-53(56(5)37-44)50-17-12-10-14-40(50)2)34-48(36-49)23-20-45-27-31-54(57(6)38-45)51-18-13-11-15-41(51)3/h10-15,17-18,25-33,37-39,47-49H,8-9,16,19-24,34-36H2,1-7H3/q+3/t47-,48+,49-. The maximum atomic E-state index is 2.40. The average molecular weight is 771 g/mol. The summed E-state index contributed by atoms with van der Waals surface area (Å²) in [6, 6.07) is 38.8. The van der Waals surface area contributed by atoms with Gasteiger partial charge in [-0.3, -0.25) is 0 Å². The zero-order chi connectivity index (χ0) is 40.6. The first-order valence-electron chi connectivity index (χ1n) is 22.3. The van der Waals surface area contributed by atoms with Crippen molar-refractivity contribution in [2.75, 3.05) is 0 Å². The number of pyridine rings is 3. The van der Waals surface area contributed by atoms with Crippen LogP contribution < -0.4 is 13.7 Å². The number of hydrogen-bond donors (Lipinski definition) is 0. The first-order chi connectivity index (χ1) is 28.1. The number of rotatable bonds is 15. The third-order valence-corrected chi connectivity index (χ3v) is 13.3. The predicted molar refractivity (Wildman–Crippen MR) is 241 cm³/mol. The average Bonchev–Trinajstić information content (AvgIpc) is 3.22. The summed E-state index contributed by atoms with van der Waals surface area (Å²) in [5.74, 6) is 2.31. The molecule has 1 aliphatic rings. The Labute approximate surface area is 350 Å². The summed E-state index contributed by atoms with van der Waals surface area (Å²) in [4.78, 5) is 0. The molecule has 1 aliphatic carbocycles. The van der Waals surface area contributed by atoms with Gasteiger partial charge in [-0.1, -0.05) is 61.9 Å². The molecular weight excluding hydrogens is 703 g/mol. The molecule has 0 bridgehead atoms. The number of unbranched alkanes of at least 4 members (excludes halogenated alkanes) is 1. The van der Waals surface area contributed by atoms with Crippen LogP contribution in [0.15, 0.2) is 122 Å². The van der Waals surface area contributed by atoms with E-state index < -0.39 is 0 Å². The Morgan fingerprint density at radius 2 is 0.810 bits per heavy atom.